The Kier molecular flexibility index (Phi) is 2.96. The zero-order valence-electron chi connectivity index (χ0n) is 10.7. The largest absolute Gasteiger partial charge is 0.508 e. The predicted molar refractivity (Wildman–Crippen MR) is 68.2 cm³/mol. The zero-order valence-corrected chi connectivity index (χ0v) is 10.7. The molecule has 1 N–H and O–H groups in total. The topological polar surface area (TPSA) is 20.2 Å². The lowest BCUT2D eigenvalue weighted by Gasteiger charge is -2.38. The van der Waals surface area contributed by atoms with E-state index in [1.807, 2.05) is 13.0 Å². The van der Waals surface area contributed by atoms with Gasteiger partial charge in [0, 0.05) is 0 Å². The van der Waals surface area contributed by atoms with Crippen molar-refractivity contribution in [3.63, 3.8) is 0 Å². The Morgan fingerprint density at radius 3 is 2.62 bits per heavy atom. The van der Waals surface area contributed by atoms with Gasteiger partial charge in [0.05, 0.1) is 0 Å². The van der Waals surface area contributed by atoms with E-state index in [-0.39, 0.29) is 0 Å². The molecule has 16 heavy (non-hydrogen) atoms. The molecule has 1 heteroatoms. The van der Waals surface area contributed by atoms with Crippen molar-refractivity contribution in [3.8, 4) is 0 Å². The van der Waals surface area contributed by atoms with Gasteiger partial charge in [-0.2, -0.15) is 0 Å². The molecule has 0 heterocycles. The normalized spacial score (nSPS) is 30.1. The van der Waals surface area contributed by atoms with Gasteiger partial charge in [-0.25, -0.2) is 0 Å². The van der Waals surface area contributed by atoms with Crippen molar-refractivity contribution in [2.45, 2.75) is 40.5 Å². The van der Waals surface area contributed by atoms with E-state index in [2.05, 4.69) is 26.8 Å². The van der Waals surface area contributed by atoms with Crippen LogP contribution in [0.2, 0.25) is 0 Å². The van der Waals surface area contributed by atoms with Gasteiger partial charge >= 0.3 is 0 Å². The van der Waals surface area contributed by atoms with Gasteiger partial charge in [0.1, 0.15) is 5.76 Å². The summed E-state index contributed by atoms with van der Waals surface area (Å²) in [4.78, 5) is 0. The second kappa shape index (κ2) is 4.12. The third-order valence-electron chi connectivity index (χ3n) is 4.18. The summed E-state index contributed by atoms with van der Waals surface area (Å²) in [6.45, 7) is 8.84. The number of fused-ring (bicyclic) bond motifs is 1. The molecule has 88 valence electrons. The fourth-order valence-corrected chi connectivity index (χ4v) is 3.04. The lowest BCUT2D eigenvalue weighted by atomic mass is 9.67. The van der Waals surface area contributed by atoms with Crippen LogP contribution in [0, 0.1) is 17.8 Å². The van der Waals surface area contributed by atoms with Gasteiger partial charge in [0.2, 0.25) is 0 Å². The molecule has 2 atom stereocenters. The maximum Gasteiger partial charge on any atom is 0.114 e. The SMILES string of the molecule is CC1=CCC(C(C)C)C2CC(C)=C(O)C=C12. The van der Waals surface area contributed by atoms with Crippen LogP contribution < -0.4 is 0 Å². The first-order valence-corrected chi connectivity index (χ1v) is 6.28. The second-order valence-corrected chi connectivity index (χ2v) is 5.61. The smallest absolute Gasteiger partial charge is 0.114 e. The fraction of sp³-hybridized carbons (Fsp3) is 0.600. The van der Waals surface area contributed by atoms with E-state index >= 15 is 0 Å². The number of allylic oxidation sites excluding steroid dienone is 5. The number of aliphatic hydroxyl groups is 1. The Labute approximate surface area is 98.6 Å². The van der Waals surface area contributed by atoms with Crippen molar-refractivity contribution in [1.29, 1.82) is 0 Å². The Balaban J connectivity index is 2.39. The van der Waals surface area contributed by atoms with Gasteiger partial charge in [0.25, 0.3) is 0 Å². The average molecular weight is 218 g/mol. The van der Waals surface area contributed by atoms with Crippen molar-refractivity contribution in [3.05, 3.63) is 34.6 Å². The summed E-state index contributed by atoms with van der Waals surface area (Å²) in [5, 5.41) is 9.84. The van der Waals surface area contributed by atoms with Gasteiger partial charge in [-0.15, -0.1) is 0 Å². The maximum absolute atomic E-state index is 9.84. The van der Waals surface area contributed by atoms with Crippen molar-refractivity contribution in [2.75, 3.05) is 0 Å². The van der Waals surface area contributed by atoms with Crippen molar-refractivity contribution in [2.24, 2.45) is 17.8 Å². The van der Waals surface area contributed by atoms with Crippen LogP contribution in [0.5, 0.6) is 0 Å². The molecule has 2 aliphatic rings. The Bertz CT molecular complexity index is 382. The van der Waals surface area contributed by atoms with E-state index in [0.717, 1.165) is 17.9 Å². The molecule has 0 saturated heterocycles. The van der Waals surface area contributed by atoms with Crippen LogP contribution in [-0.4, -0.2) is 5.11 Å². The van der Waals surface area contributed by atoms with E-state index in [1.54, 1.807) is 0 Å². The lowest BCUT2D eigenvalue weighted by Crippen LogP contribution is -2.27. The van der Waals surface area contributed by atoms with Crippen LogP contribution in [-0.2, 0) is 0 Å². The molecule has 1 nitrogen and oxygen atoms in total. The molecule has 0 spiro atoms. The minimum Gasteiger partial charge on any atom is -0.508 e. The Morgan fingerprint density at radius 1 is 1.31 bits per heavy atom. The van der Waals surface area contributed by atoms with E-state index in [0.29, 0.717) is 17.6 Å². The maximum atomic E-state index is 9.84. The van der Waals surface area contributed by atoms with Gasteiger partial charge in [-0.05, 0) is 61.7 Å². The van der Waals surface area contributed by atoms with Crippen LogP contribution in [0.15, 0.2) is 34.6 Å². The minimum atomic E-state index is 0.489. The second-order valence-electron chi connectivity index (χ2n) is 5.61. The number of aliphatic hydroxyl groups excluding tert-OH is 1. The lowest BCUT2D eigenvalue weighted by molar-refractivity contribution is 0.269. The van der Waals surface area contributed by atoms with E-state index < -0.39 is 0 Å². The highest BCUT2D eigenvalue weighted by Crippen LogP contribution is 2.44. The molecule has 0 bridgehead atoms. The molecular formula is C15H22O. The molecule has 0 amide bonds. The first kappa shape index (κ1) is 11.5. The summed E-state index contributed by atoms with van der Waals surface area (Å²) >= 11 is 0. The van der Waals surface area contributed by atoms with E-state index in [1.165, 1.54) is 17.6 Å². The highest BCUT2D eigenvalue weighted by atomic mass is 16.3. The van der Waals surface area contributed by atoms with Crippen LogP contribution in [0.3, 0.4) is 0 Å². The highest BCUT2D eigenvalue weighted by Gasteiger charge is 2.33. The molecule has 2 aliphatic carbocycles. The summed E-state index contributed by atoms with van der Waals surface area (Å²) in [6, 6.07) is 0. The van der Waals surface area contributed by atoms with Crippen LogP contribution in [0.1, 0.15) is 40.5 Å². The van der Waals surface area contributed by atoms with Gasteiger partial charge < -0.3 is 5.11 Å². The monoisotopic (exact) mass is 218 g/mol. The first-order valence-electron chi connectivity index (χ1n) is 6.28. The number of hydrogen-bond acceptors (Lipinski definition) is 1. The number of rotatable bonds is 1. The third-order valence-corrected chi connectivity index (χ3v) is 4.18. The third kappa shape index (κ3) is 1.83. The van der Waals surface area contributed by atoms with Gasteiger partial charge in [0.15, 0.2) is 0 Å². The molecular weight excluding hydrogens is 196 g/mol. The molecule has 0 aromatic carbocycles. The fourth-order valence-electron chi connectivity index (χ4n) is 3.04. The van der Waals surface area contributed by atoms with Crippen LogP contribution in [0.4, 0.5) is 0 Å². The Morgan fingerprint density at radius 2 is 2.00 bits per heavy atom. The van der Waals surface area contributed by atoms with Crippen molar-refractivity contribution >= 4 is 0 Å². The zero-order chi connectivity index (χ0) is 11.9. The van der Waals surface area contributed by atoms with E-state index in [9.17, 15) is 5.11 Å². The van der Waals surface area contributed by atoms with Crippen LogP contribution >= 0.6 is 0 Å². The summed E-state index contributed by atoms with van der Waals surface area (Å²) < 4.78 is 0. The molecule has 0 radical (unpaired) electrons. The first-order chi connectivity index (χ1) is 7.50. The predicted octanol–water partition coefficient (Wildman–Crippen LogP) is 4.39. The minimum absolute atomic E-state index is 0.489. The summed E-state index contributed by atoms with van der Waals surface area (Å²) in [5.41, 5.74) is 3.88. The molecule has 0 aromatic rings. The summed E-state index contributed by atoms with van der Waals surface area (Å²) in [7, 11) is 0. The Hall–Kier alpha value is -0.980. The standard InChI is InChI=1S/C15H22O/c1-9(2)12-6-5-10(3)13-8-15(16)11(4)7-14(12)13/h5,8-9,12,14,16H,6-7H2,1-4H3. The molecule has 0 fully saturated rings. The quantitative estimate of drug-likeness (QED) is 0.692. The molecule has 2 unspecified atom stereocenters. The van der Waals surface area contributed by atoms with E-state index in [4.69, 9.17) is 0 Å². The van der Waals surface area contributed by atoms with Crippen molar-refractivity contribution in [1.82, 2.24) is 0 Å². The number of hydrogen-bond donors (Lipinski definition) is 1. The highest BCUT2D eigenvalue weighted by molar-refractivity contribution is 5.43. The average Bonchev–Trinajstić information content (AvgIpc) is 2.21. The summed E-state index contributed by atoms with van der Waals surface area (Å²) in [6.07, 6.45) is 6.55. The molecule has 0 aliphatic heterocycles. The molecule has 2 rings (SSSR count). The molecule has 0 saturated carbocycles. The van der Waals surface area contributed by atoms with Crippen molar-refractivity contribution < 1.29 is 5.11 Å². The summed E-state index contributed by atoms with van der Waals surface area (Å²) in [5.74, 6) is 2.56. The van der Waals surface area contributed by atoms with Gasteiger partial charge in [-0.1, -0.05) is 25.5 Å². The van der Waals surface area contributed by atoms with Gasteiger partial charge in [-0.3, -0.25) is 0 Å². The molecule has 0 aromatic heterocycles. The van der Waals surface area contributed by atoms with Crippen LogP contribution in [0.25, 0.3) is 0 Å².